The molecule has 0 aromatic heterocycles. The minimum Gasteiger partial charge on any atom is -0.403 e. The third kappa shape index (κ3) is 1.42. The molecule has 4 rings (SSSR count). The van der Waals surface area contributed by atoms with Gasteiger partial charge in [-0.1, -0.05) is 13.3 Å². The molecular formula is C14H25BO2. The molecule has 0 amide bonds. The summed E-state index contributed by atoms with van der Waals surface area (Å²) in [6.07, 6.45) is 6.73. The predicted octanol–water partition coefficient (Wildman–Crippen LogP) is 3.80. The van der Waals surface area contributed by atoms with Crippen LogP contribution in [0.15, 0.2) is 0 Å². The summed E-state index contributed by atoms with van der Waals surface area (Å²) < 4.78 is 12.4. The highest BCUT2D eigenvalue weighted by Gasteiger charge is 2.75. The monoisotopic (exact) mass is 236 g/mol. The van der Waals surface area contributed by atoms with Crippen molar-refractivity contribution in [1.82, 2.24) is 0 Å². The van der Waals surface area contributed by atoms with Gasteiger partial charge in [-0.3, -0.25) is 0 Å². The average molecular weight is 236 g/mol. The van der Waals surface area contributed by atoms with Gasteiger partial charge >= 0.3 is 7.12 Å². The van der Waals surface area contributed by atoms with Crippen molar-refractivity contribution < 1.29 is 9.31 Å². The van der Waals surface area contributed by atoms with Crippen LogP contribution in [-0.2, 0) is 9.31 Å². The first-order valence-electron chi connectivity index (χ1n) is 7.10. The Bertz CT molecular complexity index is 312. The second-order valence-corrected chi connectivity index (χ2v) is 7.73. The highest BCUT2D eigenvalue weighted by Crippen LogP contribution is 2.82. The van der Waals surface area contributed by atoms with Crippen molar-refractivity contribution in [2.75, 3.05) is 0 Å². The molecule has 1 heterocycles. The van der Waals surface area contributed by atoms with Crippen LogP contribution < -0.4 is 0 Å². The first-order valence-corrected chi connectivity index (χ1v) is 7.10. The summed E-state index contributed by atoms with van der Waals surface area (Å²) in [6, 6.07) is 0. The van der Waals surface area contributed by atoms with E-state index in [0.717, 1.165) is 0 Å². The topological polar surface area (TPSA) is 18.5 Å². The maximum atomic E-state index is 6.21. The lowest BCUT2D eigenvalue weighted by molar-refractivity contribution is -0.116. The standard InChI is InChI=1S/C14H25BO2/c1-6-7-13-8-14(9-13,10-13)15-16-11(2,3)12(4,5)17-15/h6-10H2,1-5H3. The molecule has 2 nitrogen and oxygen atoms in total. The summed E-state index contributed by atoms with van der Waals surface area (Å²) in [6.45, 7) is 10.9. The Balaban J connectivity index is 1.67. The Kier molecular flexibility index (Phi) is 2.20. The molecule has 2 bridgehead atoms. The molecule has 3 aliphatic carbocycles. The summed E-state index contributed by atoms with van der Waals surface area (Å²) in [5, 5.41) is 0.375. The number of rotatable bonds is 3. The van der Waals surface area contributed by atoms with E-state index < -0.39 is 0 Å². The third-order valence-electron chi connectivity index (χ3n) is 5.71. The maximum absolute atomic E-state index is 6.21. The molecule has 0 spiro atoms. The van der Waals surface area contributed by atoms with Gasteiger partial charge in [0.05, 0.1) is 11.2 Å². The van der Waals surface area contributed by atoms with Crippen molar-refractivity contribution in [3.05, 3.63) is 0 Å². The molecule has 96 valence electrons. The van der Waals surface area contributed by atoms with Gasteiger partial charge in [0.2, 0.25) is 0 Å². The Morgan fingerprint density at radius 2 is 1.41 bits per heavy atom. The van der Waals surface area contributed by atoms with E-state index in [-0.39, 0.29) is 18.3 Å². The van der Waals surface area contributed by atoms with E-state index in [1.165, 1.54) is 32.1 Å². The summed E-state index contributed by atoms with van der Waals surface area (Å²) in [5.41, 5.74) is 0.356. The largest absolute Gasteiger partial charge is 0.464 e. The van der Waals surface area contributed by atoms with Crippen molar-refractivity contribution in [1.29, 1.82) is 0 Å². The van der Waals surface area contributed by atoms with Gasteiger partial charge in [-0.2, -0.15) is 0 Å². The predicted molar refractivity (Wildman–Crippen MR) is 70.0 cm³/mol. The molecule has 0 unspecified atom stereocenters. The fraction of sp³-hybridized carbons (Fsp3) is 1.00. The van der Waals surface area contributed by atoms with Gasteiger partial charge in [-0.15, -0.1) is 0 Å². The fourth-order valence-electron chi connectivity index (χ4n) is 4.22. The van der Waals surface area contributed by atoms with Crippen LogP contribution in [0.5, 0.6) is 0 Å². The first-order chi connectivity index (χ1) is 7.74. The van der Waals surface area contributed by atoms with E-state index in [0.29, 0.717) is 10.7 Å². The Morgan fingerprint density at radius 1 is 0.941 bits per heavy atom. The van der Waals surface area contributed by atoms with Crippen LogP contribution in [0.25, 0.3) is 0 Å². The summed E-state index contributed by atoms with van der Waals surface area (Å²) in [7, 11) is 0.0474. The smallest absolute Gasteiger partial charge is 0.403 e. The lowest BCUT2D eigenvalue weighted by Gasteiger charge is -2.71. The quantitative estimate of drug-likeness (QED) is 0.694. The van der Waals surface area contributed by atoms with Crippen molar-refractivity contribution >= 4 is 7.12 Å². The molecule has 0 aromatic rings. The summed E-state index contributed by atoms with van der Waals surface area (Å²) in [4.78, 5) is 0. The van der Waals surface area contributed by atoms with Gasteiger partial charge in [0.25, 0.3) is 0 Å². The normalized spacial score (nSPS) is 45.4. The van der Waals surface area contributed by atoms with Gasteiger partial charge < -0.3 is 9.31 Å². The SMILES string of the molecule is CCCC12CC(B3OC(C)(C)C(C)(C)O3)(C1)C2. The molecule has 4 aliphatic rings. The van der Waals surface area contributed by atoms with E-state index in [2.05, 4.69) is 34.6 Å². The van der Waals surface area contributed by atoms with Gasteiger partial charge in [0.1, 0.15) is 0 Å². The van der Waals surface area contributed by atoms with E-state index in [4.69, 9.17) is 9.31 Å². The molecule has 3 saturated carbocycles. The number of hydrogen-bond donors (Lipinski definition) is 0. The van der Waals surface area contributed by atoms with Gasteiger partial charge in [0, 0.05) is 5.31 Å². The van der Waals surface area contributed by atoms with Crippen LogP contribution in [0.4, 0.5) is 0 Å². The summed E-state index contributed by atoms with van der Waals surface area (Å²) in [5.74, 6) is 0. The van der Waals surface area contributed by atoms with Crippen LogP contribution in [0.2, 0.25) is 5.31 Å². The van der Waals surface area contributed by atoms with E-state index in [9.17, 15) is 0 Å². The average Bonchev–Trinajstić information content (AvgIpc) is 2.26. The van der Waals surface area contributed by atoms with Crippen molar-refractivity contribution in [3.8, 4) is 0 Å². The Labute approximate surface area is 106 Å². The zero-order valence-corrected chi connectivity index (χ0v) is 11.9. The molecule has 3 heteroatoms. The van der Waals surface area contributed by atoms with E-state index in [1.54, 1.807) is 0 Å². The van der Waals surface area contributed by atoms with Gasteiger partial charge in [0.15, 0.2) is 0 Å². The number of hydrogen-bond acceptors (Lipinski definition) is 2. The molecule has 1 aliphatic heterocycles. The van der Waals surface area contributed by atoms with Crippen LogP contribution in [-0.4, -0.2) is 18.3 Å². The van der Waals surface area contributed by atoms with Crippen LogP contribution in [0, 0.1) is 5.41 Å². The molecule has 17 heavy (non-hydrogen) atoms. The molecule has 0 radical (unpaired) electrons. The molecule has 0 aromatic carbocycles. The van der Waals surface area contributed by atoms with Crippen molar-refractivity contribution in [2.24, 2.45) is 5.41 Å². The first kappa shape index (κ1) is 12.0. The second kappa shape index (κ2) is 3.11. The highest BCUT2D eigenvalue weighted by molar-refractivity contribution is 6.51. The van der Waals surface area contributed by atoms with E-state index in [1.807, 2.05) is 0 Å². The fourth-order valence-corrected chi connectivity index (χ4v) is 4.22. The Morgan fingerprint density at radius 3 is 1.82 bits per heavy atom. The molecule has 1 saturated heterocycles. The molecule has 0 atom stereocenters. The Hall–Kier alpha value is -0.0151. The van der Waals surface area contributed by atoms with Crippen LogP contribution >= 0.6 is 0 Å². The highest BCUT2D eigenvalue weighted by atomic mass is 16.7. The van der Waals surface area contributed by atoms with E-state index >= 15 is 0 Å². The molecule has 0 N–H and O–H groups in total. The molecular weight excluding hydrogens is 211 g/mol. The minimum absolute atomic E-state index is 0.0474. The maximum Gasteiger partial charge on any atom is 0.464 e. The third-order valence-corrected chi connectivity index (χ3v) is 5.71. The summed E-state index contributed by atoms with van der Waals surface area (Å²) >= 11 is 0. The lowest BCUT2D eigenvalue weighted by Crippen LogP contribution is -2.63. The zero-order chi connectivity index (χ0) is 12.5. The van der Waals surface area contributed by atoms with Crippen molar-refractivity contribution in [3.63, 3.8) is 0 Å². The van der Waals surface area contributed by atoms with Crippen LogP contribution in [0.3, 0.4) is 0 Å². The lowest BCUT2D eigenvalue weighted by atomic mass is 9.23. The van der Waals surface area contributed by atoms with Crippen LogP contribution in [0.1, 0.15) is 66.7 Å². The molecule has 4 fully saturated rings. The van der Waals surface area contributed by atoms with Gasteiger partial charge in [-0.25, -0.2) is 0 Å². The second-order valence-electron chi connectivity index (χ2n) is 7.73. The zero-order valence-electron chi connectivity index (χ0n) is 11.9. The van der Waals surface area contributed by atoms with Gasteiger partial charge in [-0.05, 0) is 58.8 Å². The van der Waals surface area contributed by atoms with Crippen molar-refractivity contribution in [2.45, 2.75) is 83.2 Å². The minimum atomic E-state index is -0.162.